The first-order valence-electron chi connectivity index (χ1n) is 4.37. The first-order valence-corrected chi connectivity index (χ1v) is 4.75. The fraction of sp³-hybridized carbons (Fsp3) is 0.444. The third-order valence-electron chi connectivity index (χ3n) is 2.54. The van der Waals surface area contributed by atoms with Crippen LogP contribution in [-0.4, -0.2) is 4.98 Å². The zero-order valence-electron chi connectivity index (χ0n) is 7.74. The van der Waals surface area contributed by atoms with E-state index in [0.29, 0.717) is 5.15 Å². The van der Waals surface area contributed by atoms with Crippen LogP contribution in [0.15, 0.2) is 17.4 Å². The Labute approximate surface area is 86.5 Å². The summed E-state index contributed by atoms with van der Waals surface area (Å²) in [5, 5.41) is 4.27. The second-order valence-corrected chi connectivity index (χ2v) is 3.87. The lowest BCUT2D eigenvalue weighted by molar-refractivity contribution is 0.720. The predicted molar refractivity (Wildman–Crippen MR) is 54.0 cm³/mol. The van der Waals surface area contributed by atoms with Gasteiger partial charge in [0, 0.05) is 16.7 Å². The Bertz CT molecular complexity index is 399. The van der Waals surface area contributed by atoms with E-state index in [1.807, 2.05) is 13.0 Å². The lowest BCUT2D eigenvalue weighted by Gasteiger charge is -2.12. The molecule has 0 saturated heterocycles. The molecule has 1 fully saturated rings. The molecule has 14 heavy (non-hydrogen) atoms. The van der Waals surface area contributed by atoms with Gasteiger partial charge in [-0.25, -0.2) is 4.98 Å². The minimum absolute atomic E-state index is 0.413. The molecule has 0 N–H and O–H groups in total. The van der Waals surface area contributed by atoms with E-state index in [1.165, 1.54) is 0 Å². The van der Waals surface area contributed by atoms with Crippen LogP contribution < -0.4 is 0 Å². The summed E-state index contributed by atoms with van der Waals surface area (Å²) in [6.45, 7) is 1.95. The molecule has 4 nitrogen and oxygen atoms in total. The number of rotatable bonds is 2. The van der Waals surface area contributed by atoms with Gasteiger partial charge in [0.25, 0.3) is 0 Å². The third-order valence-corrected chi connectivity index (χ3v) is 2.82. The topological polar surface area (TPSA) is 61.7 Å². The molecule has 1 saturated carbocycles. The lowest BCUT2D eigenvalue weighted by Crippen LogP contribution is -2.06. The van der Waals surface area contributed by atoms with Gasteiger partial charge in [-0.15, -0.1) is 0 Å². The number of hydrogen-bond donors (Lipinski definition) is 0. The Morgan fingerprint density at radius 3 is 2.86 bits per heavy atom. The van der Waals surface area contributed by atoms with Gasteiger partial charge in [-0.05, 0) is 36.9 Å². The molecule has 0 radical (unpaired) electrons. The van der Waals surface area contributed by atoms with Gasteiger partial charge < -0.3 is 0 Å². The summed E-state index contributed by atoms with van der Waals surface area (Å²) >= 11 is 6.00. The van der Waals surface area contributed by atoms with Crippen molar-refractivity contribution in [2.75, 3.05) is 0 Å². The fourth-order valence-electron chi connectivity index (χ4n) is 1.69. The number of pyridine rings is 1. The smallest absolute Gasteiger partial charge is 0.133 e. The zero-order valence-corrected chi connectivity index (χ0v) is 8.49. The standard InChI is InChI=1S/C9H9ClN4/c1-6-2-5-12-8(10)7(6)9(3-4-9)13-14-11/h2,5H,3-4H2,1H3. The van der Waals surface area contributed by atoms with Crippen LogP contribution in [0.2, 0.25) is 5.15 Å². The SMILES string of the molecule is Cc1ccnc(Cl)c1C1(N=[N+]=[N-])CC1. The molecule has 0 aromatic carbocycles. The third kappa shape index (κ3) is 1.33. The molecule has 1 aliphatic rings. The molecule has 1 aromatic heterocycles. The van der Waals surface area contributed by atoms with E-state index in [1.54, 1.807) is 6.20 Å². The van der Waals surface area contributed by atoms with Crippen LogP contribution >= 0.6 is 11.6 Å². The molecule has 1 aromatic rings. The number of aryl methyl sites for hydroxylation is 1. The number of nitrogens with zero attached hydrogens (tertiary/aromatic N) is 4. The first-order chi connectivity index (χ1) is 6.69. The van der Waals surface area contributed by atoms with Gasteiger partial charge in [-0.2, -0.15) is 0 Å². The van der Waals surface area contributed by atoms with E-state index in [2.05, 4.69) is 15.0 Å². The van der Waals surface area contributed by atoms with Gasteiger partial charge in [-0.3, -0.25) is 0 Å². The molecular formula is C9H9ClN4. The van der Waals surface area contributed by atoms with E-state index in [0.717, 1.165) is 24.0 Å². The van der Waals surface area contributed by atoms with Gasteiger partial charge >= 0.3 is 0 Å². The van der Waals surface area contributed by atoms with Crippen molar-refractivity contribution in [3.8, 4) is 0 Å². The fourth-order valence-corrected chi connectivity index (χ4v) is 2.07. The predicted octanol–water partition coefficient (Wildman–Crippen LogP) is 3.34. The molecule has 72 valence electrons. The summed E-state index contributed by atoms with van der Waals surface area (Å²) in [5.74, 6) is 0. The summed E-state index contributed by atoms with van der Waals surface area (Å²) in [4.78, 5) is 6.88. The molecule has 1 aliphatic carbocycles. The summed E-state index contributed by atoms with van der Waals surface area (Å²) in [6, 6.07) is 1.88. The molecule has 0 spiro atoms. The van der Waals surface area contributed by atoms with Gasteiger partial charge in [0.2, 0.25) is 0 Å². The highest BCUT2D eigenvalue weighted by atomic mass is 35.5. The van der Waals surface area contributed by atoms with Crippen molar-refractivity contribution in [3.63, 3.8) is 0 Å². The largest absolute Gasteiger partial charge is 0.244 e. The van der Waals surface area contributed by atoms with Crippen LogP contribution in [0.1, 0.15) is 24.0 Å². The average molecular weight is 209 g/mol. The second kappa shape index (κ2) is 3.15. The first kappa shape index (κ1) is 9.31. The number of hydrogen-bond acceptors (Lipinski definition) is 2. The van der Waals surface area contributed by atoms with Crippen molar-refractivity contribution >= 4 is 11.6 Å². The van der Waals surface area contributed by atoms with Crippen LogP contribution in [0, 0.1) is 6.92 Å². The highest BCUT2D eigenvalue weighted by molar-refractivity contribution is 6.30. The van der Waals surface area contributed by atoms with Crippen molar-refractivity contribution in [2.24, 2.45) is 5.11 Å². The summed E-state index contributed by atoms with van der Waals surface area (Å²) in [6.07, 6.45) is 3.39. The Morgan fingerprint density at radius 1 is 1.64 bits per heavy atom. The van der Waals surface area contributed by atoms with E-state index in [4.69, 9.17) is 17.1 Å². The summed E-state index contributed by atoms with van der Waals surface area (Å²) in [5.41, 5.74) is 9.99. The van der Waals surface area contributed by atoms with Gasteiger partial charge in [0.15, 0.2) is 0 Å². The quantitative estimate of drug-likeness (QED) is 0.318. The van der Waals surface area contributed by atoms with Crippen LogP contribution in [-0.2, 0) is 5.54 Å². The van der Waals surface area contributed by atoms with E-state index in [9.17, 15) is 0 Å². The van der Waals surface area contributed by atoms with E-state index >= 15 is 0 Å². The highest BCUT2D eigenvalue weighted by Gasteiger charge is 2.46. The molecule has 2 rings (SSSR count). The van der Waals surface area contributed by atoms with E-state index in [-0.39, 0.29) is 0 Å². The Kier molecular flexibility index (Phi) is 2.10. The molecule has 5 heteroatoms. The number of azide groups is 1. The molecule has 0 atom stereocenters. The molecule has 1 heterocycles. The summed E-state index contributed by atoms with van der Waals surface area (Å²) in [7, 11) is 0. The van der Waals surface area contributed by atoms with Gasteiger partial charge in [0.1, 0.15) is 5.15 Å². The van der Waals surface area contributed by atoms with Gasteiger partial charge in [0.05, 0.1) is 5.54 Å². The van der Waals surface area contributed by atoms with Crippen LogP contribution in [0.4, 0.5) is 0 Å². The van der Waals surface area contributed by atoms with Crippen molar-refractivity contribution < 1.29 is 0 Å². The monoisotopic (exact) mass is 208 g/mol. The summed E-state index contributed by atoms with van der Waals surface area (Å²) < 4.78 is 0. The van der Waals surface area contributed by atoms with Crippen LogP contribution in [0.5, 0.6) is 0 Å². The molecule has 0 bridgehead atoms. The van der Waals surface area contributed by atoms with Crippen molar-refractivity contribution in [3.05, 3.63) is 39.0 Å². The molecular weight excluding hydrogens is 200 g/mol. The maximum absolute atomic E-state index is 8.48. The number of aromatic nitrogens is 1. The highest BCUT2D eigenvalue weighted by Crippen LogP contribution is 2.52. The maximum Gasteiger partial charge on any atom is 0.133 e. The Hall–Kier alpha value is -1.25. The lowest BCUT2D eigenvalue weighted by atomic mass is 10.0. The maximum atomic E-state index is 8.48. The minimum Gasteiger partial charge on any atom is -0.244 e. The number of halogens is 1. The molecule has 0 amide bonds. The van der Waals surface area contributed by atoms with E-state index < -0.39 is 5.54 Å². The van der Waals surface area contributed by atoms with Crippen LogP contribution in [0.3, 0.4) is 0 Å². The van der Waals surface area contributed by atoms with Crippen LogP contribution in [0.25, 0.3) is 10.4 Å². The Morgan fingerprint density at radius 2 is 2.36 bits per heavy atom. The second-order valence-electron chi connectivity index (χ2n) is 3.51. The zero-order chi connectivity index (χ0) is 10.2. The Balaban J connectivity index is 2.56. The minimum atomic E-state index is -0.413. The van der Waals surface area contributed by atoms with Crippen molar-refractivity contribution in [1.29, 1.82) is 0 Å². The van der Waals surface area contributed by atoms with Crippen molar-refractivity contribution in [1.82, 2.24) is 4.98 Å². The van der Waals surface area contributed by atoms with Crippen molar-refractivity contribution in [2.45, 2.75) is 25.3 Å². The molecule has 0 unspecified atom stereocenters. The normalized spacial score (nSPS) is 17.3. The van der Waals surface area contributed by atoms with Gasteiger partial charge in [-0.1, -0.05) is 16.7 Å². The average Bonchev–Trinajstić information content (AvgIpc) is 2.86. The molecule has 0 aliphatic heterocycles.